The summed E-state index contributed by atoms with van der Waals surface area (Å²) >= 11 is 0. The molecule has 0 atom stereocenters. The number of pyridine rings is 1. The van der Waals surface area contributed by atoms with E-state index in [-0.39, 0.29) is 0 Å². The van der Waals surface area contributed by atoms with Crippen molar-refractivity contribution >= 4 is 5.96 Å². The maximum absolute atomic E-state index is 5.01. The van der Waals surface area contributed by atoms with Crippen LogP contribution < -0.4 is 10.6 Å². The van der Waals surface area contributed by atoms with Crippen LogP contribution in [0.4, 0.5) is 0 Å². The molecule has 106 valence electrons. The van der Waals surface area contributed by atoms with Gasteiger partial charge < -0.3 is 15.4 Å². The van der Waals surface area contributed by atoms with Gasteiger partial charge >= 0.3 is 0 Å². The average Bonchev–Trinajstić information content (AvgIpc) is 2.44. The maximum Gasteiger partial charge on any atom is 0.191 e. The monoisotopic (exact) mass is 264 g/mol. The van der Waals surface area contributed by atoms with Crippen molar-refractivity contribution in [2.45, 2.75) is 19.8 Å². The highest BCUT2D eigenvalue weighted by molar-refractivity contribution is 5.79. The molecular formula is C14H24N4O. The topological polar surface area (TPSA) is 58.5 Å². The Balaban J connectivity index is 2.28. The van der Waals surface area contributed by atoms with Crippen molar-refractivity contribution in [3.05, 3.63) is 30.1 Å². The summed E-state index contributed by atoms with van der Waals surface area (Å²) in [6.07, 6.45) is 5.56. The van der Waals surface area contributed by atoms with E-state index in [0.29, 0.717) is 0 Å². The van der Waals surface area contributed by atoms with Gasteiger partial charge in [-0.25, -0.2) is 0 Å². The molecule has 0 amide bonds. The number of hydrogen-bond donors (Lipinski definition) is 2. The van der Waals surface area contributed by atoms with Crippen molar-refractivity contribution in [1.82, 2.24) is 15.6 Å². The molecule has 2 N–H and O–H groups in total. The minimum Gasteiger partial charge on any atom is -0.385 e. The molecule has 5 heteroatoms. The predicted octanol–water partition coefficient (Wildman–Crippen LogP) is 1.22. The first kappa shape index (κ1) is 15.4. The zero-order valence-electron chi connectivity index (χ0n) is 11.9. The standard InChI is InChI=1S/C14H24N4O/c1-3-16-14(17-9-5-11-19-2)18-10-7-13-6-4-8-15-12-13/h4,6,8,12H,3,5,7,9-11H2,1-2H3,(H2,16,17,18). The quantitative estimate of drug-likeness (QED) is 0.421. The van der Waals surface area contributed by atoms with E-state index in [1.807, 2.05) is 12.3 Å². The van der Waals surface area contributed by atoms with Crippen LogP contribution >= 0.6 is 0 Å². The summed E-state index contributed by atoms with van der Waals surface area (Å²) in [5, 5.41) is 6.54. The summed E-state index contributed by atoms with van der Waals surface area (Å²) < 4.78 is 5.01. The number of aliphatic imine (C=N–C) groups is 1. The minimum absolute atomic E-state index is 0.749. The maximum atomic E-state index is 5.01. The van der Waals surface area contributed by atoms with E-state index in [9.17, 15) is 0 Å². The Labute approximate surface area is 115 Å². The zero-order chi connectivity index (χ0) is 13.8. The molecular weight excluding hydrogens is 240 g/mol. The molecule has 0 fully saturated rings. The molecule has 0 aromatic carbocycles. The number of nitrogens with zero attached hydrogens (tertiary/aromatic N) is 2. The Bertz CT molecular complexity index is 354. The second kappa shape index (κ2) is 10.3. The molecule has 19 heavy (non-hydrogen) atoms. The van der Waals surface area contributed by atoms with Gasteiger partial charge in [-0.2, -0.15) is 0 Å². The van der Waals surface area contributed by atoms with E-state index >= 15 is 0 Å². The molecule has 0 spiro atoms. The SMILES string of the molecule is CCNC(=NCCCOC)NCCc1cccnc1. The van der Waals surface area contributed by atoms with Crippen molar-refractivity contribution in [2.75, 3.05) is 33.4 Å². The second-order valence-corrected chi connectivity index (χ2v) is 4.15. The summed E-state index contributed by atoms with van der Waals surface area (Å²) in [4.78, 5) is 8.58. The van der Waals surface area contributed by atoms with Crippen LogP contribution in [0.5, 0.6) is 0 Å². The second-order valence-electron chi connectivity index (χ2n) is 4.15. The third-order valence-corrected chi connectivity index (χ3v) is 2.55. The largest absolute Gasteiger partial charge is 0.385 e. The van der Waals surface area contributed by atoms with Crippen LogP contribution in [-0.2, 0) is 11.2 Å². The van der Waals surface area contributed by atoms with Crippen molar-refractivity contribution in [1.29, 1.82) is 0 Å². The van der Waals surface area contributed by atoms with E-state index in [1.54, 1.807) is 13.3 Å². The van der Waals surface area contributed by atoms with Crippen LogP contribution in [-0.4, -0.2) is 44.3 Å². The summed E-state index contributed by atoms with van der Waals surface area (Å²) in [6.45, 7) is 5.30. The fraction of sp³-hybridized carbons (Fsp3) is 0.571. The number of aromatic nitrogens is 1. The first-order chi connectivity index (χ1) is 9.36. The Hall–Kier alpha value is -1.62. The molecule has 0 aliphatic heterocycles. The van der Waals surface area contributed by atoms with E-state index in [2.05, 4.69) is 33.6 Å². The lowest BCUT2D eigenvalue weighted by Crippen LogP contribution is -2.38. The number of methoxy groups -OCH3 is 1. The third-order valence-electron chi connectivity index (χ3n) is 2.55. The molecule has 1 heterocycles. The number of guanidine groups is 1. The highest BCUT2D eigenvalue weighted by Crippen LogP contribution is 1.95. The van der Waals surface area contributed by atoms with Gasteiger partial charge in [-0.1, -0.05) is 6.07 Å². The van der Waals surface area contributed by atoms with Crippen LogP contribution in [0.15, 0.2) is 29.5 Å². The van der Waals surface area contributed by atoms with Gasteiger partial charge in [0, 0.05) is 45.7 Å². The normalized spacial score (nSPS) is 11.4. The lowest BCUT2D eigenvalue weighted by molar-refractivity contribution is 0.197. The molecule has 0 aliphatic rings. The van der Waals surface area contributed by atoms with Gasteiger partial charge in [-0.3, -0.25) is 9.98 Å². The minimum atomic E-state index is 0.749. The van der Waals surface area contributed by atoms with Crippen molar-refractivity contribution in [2.24, 2.45) is 4.99 Å². The van der Waals surface area contributed by atoms with Crippen LogP contribution in [0.2, 0.25) is 0 Å². The van der Waals surface area contributed by atoms with Gasteiger partial charge in [0.05, 0.1) is 0 Å². The lowest BCUT2D eigenvalue weighted by atomic mass is 10.2. The molecule has 0 bridgehead atoms. The van der Waals surface area contributed by atoms with E-state index in [0.717, 1.165) is 45.0 Å². The van der Waals surface area contributed by atoms with Gasteiger partial charge in [0.15, 0.2) is 5.96 Å². The van der Waals surface area contributed by atoms with Crippen LogP contribution in [0, 0.1) is 0 Å². The predicted molar refractivity (Wildman–Crippen MR) is 78.4 cm³/mol. The lowest BCUT2D eigenvalue weighted by Gasteiger charge is -2.11. The summed E-state index contributed by atoms with van der Waals surface area (Å²) in [6, 6.07) is 4.04. The fourth-order valence-electron chi connectivity index (χ4n) is 1.61. The first-order valence-electron chi connectivity index (χ1n) is 6.76. The molecule has 5 nitrogen and oxygen atoms in total. The van der Waals surface area contributed by atoms with E-state index in [1.165, 1.54) is 5.56 Å². The molecule has 1 rings (SSSR count). The Morgan fingerprint density at radius 1 is 1.42 bits per heavy atom. The first-order valence-corrected chi connectivity index (χ1v) is 6.76. The van der Waals surface area contributed by atoms with Crippen LogP contribution in [0.1, 0.15) is 18.9 Å². The van der Waals surface area contributed by atoms with Crippen molar-refractivity contribution in [3.63, 3.8) is 0 Å². The van der Waals surface area contributed by atoms with Crippen molar-refractivity contribution in [3.8, 4) is 0 Å². The summed E-state index contributed by atoms with van der Waals surface area (Å²) in [7, 11) is 1.71. The average molecular weight is 264 g/mol. The van der Waals surface area contributed by atoms with Crippen LogP contribution in [0.3, 0.4) is 0 Å². The van der Waals surface area contributed by atoms with Gasteiger partial charge in [-0.05, 0) is 31.4 Å². The molecule has 0 saturated heterocycles. The van der Waals surface area contributed by atoms with Gasteiger partial charge in [0.2, 0.25) is 0 Å². The Morgan fingerprint density at radius 2 is 2.32 bits per heavy atom. The molecule has 0 saturated carbocycles. The molecule has 0 unspecified atom stereocenters. The highest BCUT2D eigenvalue weighted by Gasteiger charge is 1.97. The van der Waals surface area contributed by atoms with Gasteiger partial charge in [0.25, 0.3) is 0 Å². The van der Waals surface area contributed by atoms with E-state index in [4.69, 9.17) is 4.74 Å². The highest BCUT2D eigenvalue weighted by atomic mass is 16.5. The summed E-state index contributed by atoms with van der Waals surface area (Å²) in [5.41, 5.74) is 1.23. The van der Waals surface area contributed by atoms with Gasteiger partial charge in [0.1, 0.15) is 0 Å². The van der Waals surface area contributed by atoms with Crippen LogP contribution in [0.25, 0.3) is 0 Å². The third kappa shape index (κ3) is 7.41. The molecule has 1 aromatic rings. The smallest absolute Gasteiger partial charge is 0.191 e. The number of rotatable bonds is 8. The Morgan fingerprint density at radius 3 is 3.00 bits per heavy atom. The van der Waals surface area contributed by atoms with E-state index < -0.39 is 0 Å². The Kier molecular flexibility index (Phi) is 8.38. The van der Waals surface area contributed by atoms with Gasteiger partial charge in [-0.15, -0.1) is 0 Å². The van der Waals surface area contributed by atoms with Crippen molar-refractivity contribution < 1.29 is 4.74 Å². The molecule has 0 radical (unpaired) electrons. The molecule has 1 aromatic heterocycles. The zero-order valence-corrected chi connectivity index (χ0v) is 11.9. The number of nitrogens with one attached hydrogen (secondary N) is 2. The number of ether oxygens (including phenoxy) is 1. The number of hydrogen-bond acceptors (Lipinski definition) is 3. The molecule has 0 aliphatic carbocycles. The fourth-order valence-corrected chi connectivity index (χ4v) is 1.61. The summed E-state index contributed by atoms with van der Waals surface area (Å²) in [5.74, 6) is 0.863.